The van der Waals surface area contributed by atoms with Gasteiger partial charge in [-0.2, -0.15) is 13.2 Å². The molecule has 94 valence electrons. The maximum absolute atomic E-state index is 12.5. The summed E-state index contributed by atoms with van der Waals surface area (Å²) in [6, 6.07) is 9.80. The second-order valence-electron chi connectivity index (χ2n) is 3.40. The molecular formula is C12H7BrF3NS. The van der Waals surface area contributed by atoms with Crippen molar-refractivity contribution in [3.63, 3.8) is 0 Å². The first-order valence-electron chi connectivity index (χ1n) is 4.92. The fourth-order valence-electron chi connectivity index (χ4n) is 1.44. The van der Waals surface area contributed by atoms with Gasteiger partial charge in [-0.05, 0) is 42.1 Å². The number of halogens is 4. The Bertz CT molecular complexity index is 543. The zero-order valence-electron chi connectivity index (χ0n) is 8.91. The molecule has 0 radical (unpaired) electrons. The number of pyridine rings is 1. The van der Waals surface area contributed by atoms with E-state index in [9.17, 15) is 13.2 Å². The van der Waals surface area contributed by atoms with Crippen molar-refractivity contribution in [1.29, 1.82) is 0 Å². The number of nitrogens with zero attached hydrogens (tertiary/aromatic N) is 1. The third kappa shape index (κ3) is 3.49. The lowest BCUT2D eigenvalue weighted by Gasteiger charge is -2.11. The van der Waals surface area contributed by atoms with E-state index < -0.39 is 5.51 Å². The van der Waals surface area contributed by atoms with Crippen LogP contribution < -0.4 is 0 Å². The minimum Gasteiger partial charge on any atom is -0.256 e. The Kier molecular flexibility index (Phi) is 3.97. The van der Waals surface area contributed by atoms with Gasteiger partial charge in [-0.15, -0.1) is 0 Å². The van der Waals surface area contributed by atoms with Crippen LogP contribution in [0.4, 0.5) is 13.2 Å². The van der Waals surface area contributed by atoms with Gasteiger partial charge in [0.1, 0.15) is 0 Å². The third-order valence-corrected chi connectivity index (χ3v) is 3.41. The third-order valence-electron chi connectivity index (χ3n) is 2.11. The van der Waals surface area contributed by atoms with Crippen LogP contribution in [0.2, 0.25) is 0 Å². The Morgan fingerprint density at radius 1 is 1.11 bits per heavy atom. The number of hydrogen-bond donors (Lipinski definition) is 0. The van der Waals surface area contributed by atoms with E-state index in [0.29, 0.717) is 11.3 Å². The van der Waals surface area contributed by atoms with E-state index in [2.05, 4.69) is 20.9 Å². The van der Waals surface area contributed by atoms with Gasteiger partial charge in [0.25, 0.3) is 0 Å². The first kappa shape index (κ1) is 13.4. The first-order chi connectivity index (χ1) is 8.46. The molecule has 0 bridgehead atoms. The normalized spacial score (nSPS) is 11.6. The molecule has 2 rings (SSSR count). The van der Waals surface area contributed by atoms with Crippen LogP contribution in [0, 0.1) is 0 Å². The van der Waals surface area contributed by atoms with E-state index in [1.807, 2.05) is 0 Å². The first-order valence-corrected chi connectivity index (χ1v) is 6.53. The average Bonchev–Trinajstić information content (AvgIpc) is 2.31. The molecule has 0 aliphatic carbocycles. The van der Waals surface area contributed by atoms with Gasteiger partial charge in [0, 0.05) is 21.1 Å². The second-order valence-corrected chi connectivity index (χ2v) is 5.43. The average molecular weight is 334 g/mol. The molecular weight excluding hydrogens is 327 g/mol. The number of thioether (sulfide) groups is 1. The molecule has 1 nitrogen and oxygen atoms in total. The predicted molar refractivity (Wildman–Crippen MR) is 69.3 cm³/mol. The fraction of sp³-hybridized carbons (Fsp3) is 0.0833. The number of aromatic nitrogens is 1. The van der Waals surface area contributed by atoms with E-state index >= 15 is 0 Å². The van der Waals surface area contributed by atoms with Crippen LogP contribution in [0.3, 0.4) is 0 Å². The standard InChI is InChI=1S/C12H7BrF3NS/c13-8-4-5-11(18-12(14,15)16)9(7-8)10-3-1-2-6-17-10/h1-7H. The molecule has 0 unspecified atom stereocenters. The van der Waals surface area contributed by atoms with Crippen molar-refractivity contribution in [1.82, 2.24) is 4.98 Å². The summed E-state index contributed by atoms with van der Waals surface area (Å²) >= 11 is 3.13. The van der Waals surface area contributed by atoms with Crippen molar-refractivity contribution < 1.29 is 13.2 Å². The van der Waals surface area contributed by atoms with Crippen molar-refractivity contribution in [2.75, 3.05) is 0 Å². The van der Waals surface area contributed by atoms with Gasteiger partial charge >= 0.3 is 5.51 Å². The van der Waals surface area contributed by atoms with Gasteiger partial charge in [-0.25, -0.2) is 0 Å². The number of hydrogen-bond acceptors (Lipinski definition) is 2. The summed E-state index contributed by atoms with van der Waals surface area (Å²) in [6.45, 7) is 0. The molecule has 0 N–H and O–H groups in total. The summed E-state index contributed by atoms with van der Waals surface area (Å²) in [7, 11) is 0. The second kappa shape index (κ2) is 5.32. The van der Waals surface area contributed by atoms with Crippen LogP contribution in [0.15, 0.2) is 52.0 Å². The molecule has 1 aromatic heterocycles. The minimum absolute atomic E-state index is 0.130. The lowest BCUT2D eigenvalue weighted by molar-refractivity contribution is -0.0327. The van der Waals surface area contributed by atoms with Gasteiger partial charge in [-0.3, -0.25) is 4.98 Å². The smallest absolute Gasteiger partial charge is 0.256 e. The van der Waals surface area contributed by atoms with Crippen molar-refractivity contribution in [3.05, 3.63) is 47.1 Å². The lowest BCUT2D eigenvalue weighted by atomic mass is 10.1. The monoisotopic (exact) mass is 333 g/mol. The number of alkyl halides is 3. The Labute approximate surface area is 115 Å². The molecule has 0 amide bonds. The highest BCUT2D eigenvalue weighted by molar-refractivity contribution is 9.10. The predicted octanol–water partition coefficient (Wildman–Crippen LogP) is 5.12. The lowest BCUT2D eigenvalue weighted by Crippen LogP contribution is -2.00. The van der Waals surface area contributed by atoms with Crippen molar-refractivity contribution in [2.45, 2.75) is 10.4 Å². The highest BCUT2D eigenvalue weighted by Gasteiger charge is 2.30. The summed E-state index contributed by atoms with van der Waals surface area (Å²) < 4.78 is 38.1. The molecule has 1 aromatic carbocycles. The van der Waals surface area contributed by atoms with E-state index in [1.54, 1.807) is 36.5 Å². The molecule has 0 saturated heterocycles. The molecule has 0 fully saturated rings. The molecule has 0 aliphatic rings. The van der Waals surface area contributed by atoms with Crippen LogP contribution in [0.5, 0.6) is 0 Å². The summed E-state index contributed by atoms with van der Waals surface area (Å²) in [5.74, 6) is 0. The quantitative estimate of drug-likeness (QED) is 0.707. The molecule has 6 heteroatoms. The minimum atomic E-state index is -4.31. The van der Waals surface area contributed by atoms with E-state index in [1.165, 1.54) is 6.07 Å². The Hall–Kier alpha value is -1.01. The fourth-order valence-corrected chi connectivity index (χ4v) is 2.46. The number of benzene rings is 1. The van der Waals surface area contributed by atoms with Gasteiger partial charge in [-0.1, -0.05) is 22.0 Å². The maximum Gasteiger partial charge on any atom is 0.446 e. The Morgan fingerprint density at radius 3 is 2.50 bits per heavy atom. The number of rotatable bonds is 2. The van der Waals surface area contributed by atoms with Crippen LogP contribution in [0.25, 0.3) is 11.3 Å². The van der Waals surface area contributed by atoms with E-state index in [0.717, 1.165) is 4.47 Å². The molecule has 18 heavy (non-hydrogen) atoms. The Balaban J connectivity index is 2.48. The summed E-state index contributed by atoms with van der Waals surface area (Å²) in [4.78, 5) is 4.22. The molecule has 0 saturated carbocycles. The van der Waals surface area contributed by atoms with Gasteiger partial charge in [0.15, 0.2) is 0 Å². The van der Waals surface area contributed by atoms with E-state index in [4.69, 9.17) is 0 Å². The van der Waals surface area contributed by atoms with Crippen molar-refractivity contribution >= 4 is 27.7 Å². The summed E-state index contributed by atoms with van der Waals surface area (Å²) in [6.07, 6.45) is 1.55. The van der Waals surface area contributed by atoms with Gasteiger partial charge in [0.05, 0.1) is 5.69 Å². The van der Waals surface area contributed by atoms with Gasteiger partial charge in [0.2, 0.25) is 0 Å². The van der Waals surface area contributed by atoms with Crippen molar-refractivity contribution in [3.8, 4) is 11.3 Å². The van der Waals surface area contributed by atoms with Gasteiger partial charge < -0.3 is 0 Å². The zero-order chi connectivity index (χ0) is 13.2. The Morgan fingerprint density at radius 2 is 1.89 bits per heavy atom. The summed E-state index contributed by atoms with van der Waals surface area (Å²) in [5, 5.41) is 0. The zero-order valence-corrected chi connectivity index (χ0v) is 11.3. The molecule has 0 atom stereocenters. The molecule has 1 heterocycles. The topological polar surface area (TPSA) is 12.9 Å². The van der Waals surface area contributed by atoms with Crippen molar-refractivity contribution in [2.24, 2.45) is 0 Å². The maximum atomic E-state index is 12.5. The molecule has 2 aromatic rings. The molecule has 0 spiro atoms. The van der Waals surface area contributed by atoms with Crippen LogP contribution in [0.1, 0.15) is 0 Å². The highest BCUT2D eigenvalue weighted by atomic mass is 79.9. The highest BCUT2D eigenvalue weighted by Crippen LogP contribution is 2.42. The van der Waals surface area contributed by atoms with E-state index in [-0.39, 0.29) is 16.7 Å². The SMILES string of the molecule is FC(F)(F)Sc1ccc(Br)cc1-c1ccccn1. The largest absolute Gasteiger partial charge is 0.446 e. The van der Waals surface area contributed by atoms with Crippen LogP contribution in [-0.4, -0.2) is 10.5 Å². The molecule has 0 aliphatic heterocycles. The van der Waals surface area contributed by atoms with Crippen LogP contribution in [-0.2, 0) is 0 Å². The van der Waals surface area contributed by atoms with Crippen LogP contribution >= 0.6 is 27.7 Å². The summed E-state index contributed by atoms with van der Waals surface area (Å²) in [5.41, 5.74) is -3.32.